The number of hydrogen-bond donors (Lipinski definition) is 4. The monoisotopic (exact) mass is 309 g/mol. The van der Waals surface area contributed by atoms with Crippen LogP contribution < -0.4 is 0 Å². The van der Waals surface area contributed by atoms with Gasteiger partial charge in [0.2, 0.25) is 0 Å². The molecular formula is C16H23NO5. The number of rotatable bonds is 2. The summed E-state index contributed by atoms with van der Waals surface area (Å²) in [6, 6.07) is 8.57. The van der Waals surface area contributed by atoms with Crippen LogP contribution >= 0.6 is 0 Å². The average molecular weight is 309 g/mol. The first kappa shape index (κ1) is 15.9. The van der Waals surface area contributed by atoms with Crippen molar-refractivity contribution in [2.75, 3.05) is 6.61 Å². The van der Waals surface area contributed by atoms with Gasteiger partial charge in [0.25, 0.3) is 0 Å². The van der Waals surface area contributed by atoms with Crippen molar-refractivity contribution >= 4 is 0 Å². The maximum Gasteiger partial charge on any atom is 0.110 e. The van der Waals surface area contributed by atoms with Gasteiger partial charge >= 0.3 is 0 Å². The first-order valence-corrected chi connectivity index (χ1v) is 7.60. The van der Waals surface area contributed by atoms with Crippen molar-refractivity contribution in [3.8, 4) is 0 Å². The lowest BCUT2D eigenvalue weighted by Crippen LogP contribution is -2.70. The first-order valence-electron chi connectivity index (χ1n) is 7.60. The van der Waals surface area contributed by atoms with E-state index in [0.29, 0.717) is 0 Å². The molecule has 1 saturated carbocycles. The Hall–Kier alpha value is -1.02. The van der Waals surface area contributed by atoms with Crippen LogP contribution in [0.1, 0.15) is 19.4 Å². The second-order valence-electron chi connectivity index (χ2n) is 6.49. The molecule has 3 rings (SSSR count). The summed E-state index contributed by atoms with van der Waals surface area (Å²) in [5.41, 5.74) is -0.204. The second-order valence-corrected chi connectivity index (χ2v) is 6.49. The van der Waals surface area contributed by atoms with E-state index in [1.165, 1.54) is 0 Å². The minimum atomic E-state index is -1.43. The number of nitrogens with zero attached hydrogens (tertiary/aromatic N) is 1. The predicted molar refractivity (Wildman–Crippen MR) is 78.9 cm³/mol. The number of fused-ring (bicyclic) bond motifs is 1. The highest BCUT2D eigenvalue weighted by molar-refractivity contribution is 5.35. The Labute approximate surface area is 129 Å². The number of aliphatic hydroxyl groups is 4. The summed E-state index contributed by atoms with van der Waals surface area (Å²) in [7, 11) is 0. The van der Waals surface area contributed by atoms with Crippen LogP contribution in [0.3, 0.4) is 0 Å². The average Bonchev–Trinajstić information content (AvgIpc) is 2.93. The third-order valence-electron chi connectivity index (χ3n) is 4.95. The molecule has 1 aromatic carbocycles. The van der Waals surface area contributed by atoms with Crippen LogP contribution in [-0.2, 0) is 10.3 Å². The van der Waals surface area contributed by atoms with E-state index in [0.717, 1.165) is 5.56 Å². The maximum atomic E-state index is 10.7. The van der Waals surface area contributed by atoms with E-state index < -0.39 is 35.9 Å². The van der Waals surface area contributed by atoms with Gasteiger partial charge in [-0.15, -0.1) is 0 Å². The first-order chi connectivity index (χ1) is 10.4. The molecule has 6 nitrogen and oxygen atoms in total. The lowest BCUT2D eigenvalue weighted by Gasteiger charge is -2.50. The van der Waals surface area contributed by atoms with Crippen LogP contribution in [0.15, 0.2) is 30.3 Å². The van der Waals surface area contributed by atoms with Crippen LogP contribution in [0.4, 0.5) is 0 Å². The highest BCUT2D eigenvalue weighted by Crippen LogP contribution is 2.47. The molecule has 22 heavy (non-hydrogen) atoms. The van der Waals surface area contributed by atoms with Gasteiger partial charge in [0.05, 0.1) is 24.2 Å². The molecule has 0 aromatic heterocycles. The molecule has 0 unspecified atom stereocenters. The molecule has 6 atom stereocenters. The van der Waals surface area contributed by atoms with Crippen molar-refractivity contribution in [1.29, 1.82) is 0 Å². The van der Waals surface area contributed by atoms with E-state index in [2.05, 4.69) is 0 Å². The van der Waals surface area contributed by atoms with Gasteiger partial charge in [0.1, 0.15) is 18.3 Å². The van der Waals surface area contributed by atoms with Crippen LogP contribution in [-0.4, -0.2) is 68.6 Å². The Morgan fingerprint density at radius 3 is 2.27 bits per heavy atom. The number of hydroxylamine groups is 2. The molecule has 6 heteroatoms. The van der Waals surface area contributed by atoms with Crippen molar-refractivity contribution in [3.63, 3.8) is 0 Å². The molecule has 0 radical (unpaired) electrons. The summed E-state index contributed by atoms with van der Waals surface area (Å²) in [4.78, 5) is 5.75. The Morgan fingerprint density at radius 1 is 1.05 bits per heavy atom. The number of benzene rings is 1. The summed E-state index contributed by atoms with van der Waals surface area (Å²) in [6.07, 6.45) is -5.30. The van der Waals surface area contributed by atoms with Crippen molar-refractivity contribution in [3.05, 3.63) is 35.9 Å². The fourth-order valence-electron chi connectivity index (χ4n) is 3.81. The van der Waals surface area contributed by atoms with E-state index in [-0.39, 0.29) is 12.6 Å². The molecule has 1 aliphatic carbocycles. The summed E-state index contributed by atoms with van der Waals surface area (Å²) in [6.45, 7) is 3.97. The normalized spacial score (nSPS) is 42.6. The molecule has 2 aliphatic rings. The van der Waals surface area contributed by atoms with Crippen molar-refractivity contribution in [2.45, 2.75) is 55.8 Å². The SMILES string of the molecule is CC(C)N1OC[C@@]2(c3ccccc3)[C@@H](O)[C@H](O)[C@H](O)[C@@H](O)[C@@H]12. The predicted octanol–water partition coefficient (Wildman–Crippen LogP) is -0.594. The van der Waals surface area contributed by atoms with Gasteiger partial charge in [0.15, 0.2) is 0 Å². The molecule has 0 amide bonds. The fraction of sp³-hybridized carbons (Fsp3) is 0.625. The van der Waals surface area contributed by atoms with Gasteiger partial charge in [-0.25, -0.2) is 0 Å². The van der Waals surface area contributed by atoms with Gasteiger partial charge in [0, 0.05) is 6.04 Å². The maximum absolute atomic E-state index is 10.7. The minimum absolute atomic E-state index is 0.0418. The number of aliphatic hydroxyl groups excluding tert-OH is 4. The van der Waals surface area contributed by atoms with Crippen molar-refractivity contribution in [2.24, 2.45) is 0 Å². The van der Waals surface area contributed by atoms with Gasteiger partial charge < -0.3 is 20.4 Å². The van der Waals surface area contributed by atoms with E-state index in [1.54, 1.807) is 5.06 Å². The smallest absolute Gasteiger partial charge is 0.110 e. The zero-order chi connectivity index (χ0) is 16.1. The van der Waals surface area contributed by atoms with Gasteiger partial charge in [-0.1, -0.05) is 30.3 Å². The lowest BCUT2D eigenvalue weighted by atomic mass is 9.62. The van der Waals surface area contributed by atoms with E-state index >= 15 is 0 Å². The van der Waals surface area contributed by atoms with Crippen LogP contribution in [0.2, 0.25) is 0 Å². The van der Waals surface area contributed by atoms with Crippen LogP contribution in [0.5, 0.6) is 0 Å². The molecule has 1 saturated heterocycles. The summed E-state index contributed by atoms with van der Waals surface area (Å²) >= 11 is 0. The highest BCUT2D eigenvalue weighted by Gasteiger charge is 2.65. The van der Waals surface area contributed by atoms with Gasteiger partial charge in [-0.05, 0) is 19.4 Å². The Kier molecular flexibility index (Phi) is 4.01. The molecule has 1 aliphatic heterocycles. The summed E-state index contributed by atoms with van der Waals surface area (Å²) in [5.74, 6) is 0. The van der Waals surface area contributed by atoms with Crippen LogP contribution in [0.25, 0.3) is 0 Å². The van der Waals surface area contributed by atoms with Gasteiger partial charge in [-0.2, -0.15) is 5.06 Å². The van der Waals surface area contributed by atoms with Crippen molar-refractivity contribution < 1.29 is 25.3 Å². The molecule has 1 heterocycles. The largest absolute Gasteiger partial charge is 0.389 e. The standard InChI is InChI=1S/C16H23NO5/c1-9(2)17-14-12(19)11(18)13(20)15(21)16(14,8-22-17)10-6-4-3-5-7-10/h3-7,9,11-15,18-21H,8H2,1-2H3/t11-,12-,13-,14-,15+,16+/m1/s1. The third-order valence-corrected chi connectivity index (χ3v) is 4.95. The van der Waals surface area contributed by atoms with Crippen LogP contribution in [0, 0.1) is 0 Å². The minimum Gasteiger partial charge on any atom is -0.389 e. The zero-order valence-corrected chi connectivity index (χ0v) is 12.7. The molecule has 4 N–H and O–H groups in total. The highest BCUT2D eigenvalue weighted by atomic mass is 16.7. The van der Waals surface area contributed by atoms with Gasteiger partial charge in [-0.3, -0.25) is 4.84 Å². The molecule has 0 spiro atoms. The fourth-order valence-corrected chi connectivity index (χ4v) is 3.81. The molecule has 1 aromatic rings. The summed E-state index contributed by atoms with van der Waals surface area (Å²) < 4.78 is 0. The molecule has 0 bridgehead atoms. The van der Waals surface area contributed by atoms with E-state index in [4.69, 9.17) is 4.84 Å². The Balaban J connectivity index is 2.14. The topological polar surface area (TPSA) is 93.4 Å². The zero-order valence-electron chi connectivity index (χ0n) is 12.7. The van der Waals surface area contributed by atoms with E-state index in [1.807, 2.05) is 44.2 Å². The van der Waals surface area contributed by atoms with Crippen molar-refractivity contribution in [1.82, 2.24) is 5.06 Å². The lowest BCUT2D eigenvalue weighted by molar-refractivity contribution is -0.214. The number of hydrogen-bond acceptors (Lipinski definition) is 6. The quantitative estimate of drug-likeness (QED) is 0.583. The third kappa shape index (κ3) is 2.03. The molecular weight excluding hydrogens is 286 g/mol. The Morgan fingerprint density at radius 2 is 1.68 bits per heavy atom. The molecule has 2 fully saturated rings. The van der Waals surface area contributed by atoms with E-state index in [9.17, 15) is 20.4 Å². The molecule has 122 valence electrons. The Bertz CT molecular complexity index is 525. The summed E-state index contributed by atoms with van der Waals surface area (Å²) in [5, 5.41) is 43.1. The second kappa shape index (κ2) is 5.56.